The lowest BCUT2D eigenvalue weighted by Gasteiger charge is -2.22. The SMILES string of the molecule is CN(C)C(=N)NC1CCN(c2ccc(N)cc2)C1. The van der Waals surface area contributed by atoms with Crippen molar-refractivity contribution in [3.63, 3.8) is 0 Å². The topological polar surface area (TPSA) is 68.4 Å². The van der Waals surface area contributed by atoms with Crippen molar-refractivity contribution < 1.29 is 0 Å². The first kappa shape index (κ1) is 12.5. The number of hydrogen-bond donors (Lipinski definition) is 3. The van der Waals surface area contributed by atoms with E-state index in [0.717, 1.165) is 25.2 Å². The van der Waals surface area contributed by atoms with E-state index in [4.69, 9.17) is 11.1 Å². The van der Waals surface area contributed by atoms with Gasteiger partial charge in [-0.2, -0.15) is 0 Å². The highest BCUT2D eigenvalue weighted by molar-refractivity contribution is 5.76. The summed E-state index contributed by atoms with van der Waals surface area (Å²) in [4.78, 5) is 4.10. The van der Waals surface area contributed by atoms with E-state index in [1.807, 2.05) is 26.2 Å². The minimum Gasteiger partial charge on any atom is -0.399 e. The number of hydrogen-bond acceptors (Lipinski definition) is 3. The van der Waals surface area contributed by atoms with Crippen molar-refractivity contribution in [1.29, 1.82) is 5.41 Å². The van der Waals surface area contributed by atoms with Crippen molar-refractivity contribution in [2.75, 3.05) is 37.8 Å². The molecule has 0 radical (unpaired) electrons. The molecule has 1 aromatic rings. The van der Waals surface area contributed by atoms with Gasteiger partial charge >= 0.3 is 0 Å². The normalized spacial score (nSPS) is 18.8. The van der Waals surface area contributed by atoms with Crippen LogP contribution in [0.2, 0.25) is 0 Å². The lowest BCUT2D eigenvalue weighted by atomic mass is 10.2. The Bertz CT molecular complexity index is 412. The highest BCUT2D eigenvalue weighted by atomic mass is 15.3. The van der Waals surface area contributed by atoms with E-state index in [0.29, 0.717) is 12.0 Å². The fraction of sp³-hybridized carbons (Fsp3) is 0.462. The van der Waals surface area contributed by atoms with Gasteiger partial charge in [0.15, 0.2) is 5.96 Å². The van der Waals surface area contributed by atoms with E-state index in [-0.39, 0.29) is 0 Å². The van der Waals surface area contributed by atoms with Crippen molar-refractivity contribution in [2.24, 2.45) is 0 Å². The summed E-state index contributed by atoms with van der Waals surface area (Å²) in [6, 6.07) is 8.30. The van der Waals surface area contributed by atoms with Crippen LogP contribution in [0.1, 0.15) is 6.42 Å². The van der Waals surface area contributed by atoms with Crippen molar-refractivity contribution in [2.45, 2.75) is 12.5 Å². The van der Waals surface area contributed by atoms with Gasteiger partial charge in [-0.3, -0.25) is 5.41 Å². The summed E-state index contributed by atoms with van der Waals surface area (Å²) in [6.07, 6.45) is 1.06. The van der Waals surface area contributed by atoms with E-state index >= 15 is 0 Å². The van der Waals surface area contributed by atoms with Gasteiger partial charge in [-0.05, 0) is 30.7 Å². The van der Waals surface area contributed by atoms with Crippen LogP contribution in [0.5, 0.6) is 0 Å². The zero-order valence-corrected chi connectivity index (χ0v) is 11.0. The summed E-state index contributed by atoms with van der Waals surface area (Å²) in [6.45, 7) is 1.95. The molecule has 4 N–H and O–H groups in total. The van der Waals surface area contributed by atoms with E-state index < -0.39 is 0 Å². The molecule has 98 valence electrons. The van der Waals surface area contributed by atoms with Crippen molar-refractivity contribution in [1.82, 2.24) is 10.2 Å². The molecule has 1 atom stereocenters. The highest BCUT2D eigenvalue weighted by Gasteiger charge is 2.23. The summed E-state index contributed by atoms with van der Waals surface area (Å²) in [5.41, 5.74) is 7.68. The smallest absolute Gasteiger partial charge is 0.190 e. The molecule has 18 heavy (non-hydrogen) atoms. The molecule has 2 rings (SSSR count). The molecule has 0 aromatic heterocycles. The molecule has 1 fully saturated rings. The number of nitrogens with zero attached hydrogens (tertiary/aromatic N) is 2. The summed E-state index contributed by atoms with van der Waals surface area (Å²) in [5.74, 6) is 0.471. The molecule has 1 saturated heterocycles. The molecule has 5 heteroatoms. The third kappa shape index (κ3) is 2.85. The molecule has 1 unspecified atom stereocenters. The van der Waals surface area contributed by atoms with Gasteiger partial charge in [0.2, 0.25) is 0 Å². The maximum atomic E-state index is 7.79. The van der Waals surface area contributed by atoms with E-state index in [1.54, 1.807) is 4.90 Å². The molecule has 0 aliphatic carbocycles. The average molecular weight is 247 g/mol. The predicted octanol–water partition coefficient (Wildman–Crippen LogP) is 0.933. The van der Waals surface area contributed by atoms with Gasteiger partial charge in [0.1, 0.15) is 0 Å². The Morgan fingerprint density at radius 3 is 2.67 bits per heavy atom. The number of benzene rings is 1. The molecule has 1 heterocycles. The fourth-order valence-corrected chi connectivity index (χ4v) is 2.12. The zero-order valence-electron chi connectivity index (χ0n) is 11.0. The summed E-state index contributed by atoms with van der Waals surface area (Å²) in [5, 5.41) is 11.0. The van der Waals surface area contributed by atoms with Crippen molar-refractivity contribution >= 4 is 17.3 Å². The minimum atomic E-state index is 0.345. The summed E-state index contributed by atoms with van der Waals surface area (Å²) in [7, 11) is 3.75. The predicted molar refractivity (Wildman–Crippen MR) is 76.0 cm³/mol. The second-order valence-corrected chi connectivity index (χ2v) is 4.91. The number of nitrogen functional groups attached to an aromatic ring is 1. The quantitative estimate of drug-likeness (QED) is 0.413. The van der Waals surface area contributed by atoms with Crippen LogP contribution in [0.25, 0.3) is 0 Å². The zero-order chi connectivity index (χ0) is 13.1. The average Bonchev–Trinajstić information content (AvgIpc) is 2.78. The van der Waals surface area contributed by atoms with Crippen LogP contribution in [0.3, 0.4) is 0 Å². The monoisotopic (exact) mass is 247 g/mol. The third-order valence-corrected chi connectivity index (χ3v) is 3.23. The maximum Gasteiger partial charge on any atom is 0.190 e. The molecule has 5 nitrogen and oxygen atoms in total. The molecule has 1 aliphatic rings. The van der Waals surface area contributed by atoms with Gasteiger partial charge < -0.3 is 20.9 Å². The van der Waals surface area contributed by atoms with Crippen LogP contribution in [0.4, 0.5) is 11.4 Å². The van der Waals surface area contributed by atoms with Gasteiger partial charge in [-0.25, -0.2) is 0 Å². The van der Waals surface area contributed by atoms with Gasteiger partial charge in [0.05, 0.1) is 0 Å². The minimum absolute atomic E-state index is 0.345. The highest BCUT2D eigenvalue weighted by Crippen LogP contribution is 2.21. The molecule has 0 bridgehead atoms. The number of nitrogens with two attached hydrogens (primary N) is 1. The Kier molecular flexibility index (Phi) is 3.60. The molecule has 0 saturated carbocycles. The molecule has 1 aliphatic heterocycles. The van der Waals surface area contributed by atoms with Crippen LogP contribution >= 0.6 is 0 Å². The summed E-state index contributed by atoms with van der Waals surface area (Å²) < 4.78 is 0. The Labute approximate surface area is 108 Å². The lowest BCUT2D eigenvalue weighted by Crippen LogP contribution is -2.43. The number of guanidine groups is 1. The third-order valence-electron chi connectivity index (χ3n) is 3.23. The van der Waals surface area contributed by atoms with E-state index in [9.17, 15) is 0 Å². The molecular formula is C13H21N5. The van der Waals surface area contributed by atoms with Crippen LogP contribution < -0.4 is 16.0 Å². The van der Waals surface area contributed by atoms with Gasteiger partial charge in [-0.1, -0.05) is 0 Å². The van der Waals surface area contributed by atoms with Crippen LogP contribution in [-0.2, 0) is 0 Å². The molecule has 1 aromatic carbocycles. The lowest BCUT2D eigenvalue weighted by molar-refractivity contribution is 0.545. The Morgan fingerprint density at radius 2 is 2.06 bits per heavy atom. The first-order valence-electron chi connectivity index (χ1n) is 6.19. The summed E-state index contributed by atoms with van der Waals surface area (Å²) >= 11 is 0. The Morgan fingerprint density at radius 1 is 1.39 bits per heavy atom. The van der Waals surface area contributed by atoms with Crippen LogP contribution in [0.15, 0.2) is 24.3 Å². The van der Waals surface area contributed by atoms with Gasteiger partial charge in [0, 0.05) is 44.6 Å². The first-order valence-corrected chi connectivity index (χ1v) is 6.19. The van der Waals surface area contributed by atoms with Gasteiger partial charge in [0.25, 0.3) is 0 Å². The molecule has 0 spiro atoms. The second-order valence-electron chi connectivity index (χ2n) is 4.91. The number of rotatable bonds is 2. The largest absolute Gasteiger partial charge is 0.399 e. The van der Waals surface area contributed by atoms with E-state index in [1.165, 1.54) is 5.69 Å². The second kappa shape index (κ2) is 5.16. The van der Waals surface area contributed by atoms with Crippen molar-refractivity contribution in [3.8, 4) is 0 Å². The van der Waals surface area contributed by atoms with E-state index in [2.05, 4.69) is 22.3 Å². The van der Waals surface area contributed by atoms with Crippen LogP contribution in [0, 0.1) is 5.41 Å². The standard InChI is InChI=1S/C13H21N5/c1-17(2)13(15)16-11-7-8-18(9-11)12-5-3-10(14)4-6-12/h3-6,11H,7-9,14H2,1-2H3,(H2,15,16). The van der Waals surface area contributed by atoms with Crippen LogP contribution in [-0.4, -0.2) is 44.1 Å². The number of anilines is 2. The number of nitrogens with one attached hydrogen (secondary N) is 2. The Hall–Kier alpha value is -1.91. The fourth-order valence-electron chi connectivity index (χ4n) is 2.12. The molecule has 0 amide bonds. The first-order chi connectivity index (χ1) is 8.56. The molecular weight excluding hydrogens is 226 g/mol. The van der Waals surface area contributed by atoms with Gasteiger partial charge in [-0.15, -0.1) is 0 Å². The Balaban J connectivity index is 1.92. The maximum absolute atomic E-state index is 7.79. The van der Waals surface area contributed by atoms with Crippen molar-refractivity contribution in [3.05, 3.63) is 24.3 Å².